The maximum absolute atomic E-state index is 12.3. The molecule has 6 nitrogen and oxygen atoms in total. The monoisotopic (exact) mass is 363 g/mol. The minimum atomic E-state index is -4.12. The summed E-state index contributed by atoms with van der Waals surface area (Å²) in [5, 5.41) is 0. The maximum Gasteiger partial charge on any atom is 0.432 e. The lowest BCUT2D eigenvalue weighted by Crippen LogP contribution is -2.28. The van der Waals surface area contributed by atoms with Gasteiger partial charge in [0.15, 0.2) is 0 Å². The Bertz CT molecular complexity index is 819. The van der Waals surface area contributed by atoms with Gasteiger partial charge >= 0.3 is 16.2 Å². The first-order valence-corrected chi connectivity index (χ1v) is 9.33. The summed E-state index contributed by atoms with van der Waals surface area (Å²) in [7, 11) is -4.12. The van der Waals surface area contributed by atoms with Gasteiger partial charge in [0, 0.05) is 0 Å². The van der Waals surface area contributed by atoms with E-state index >= 15 is 0 Å². The standard InChI is InChI=1S/C18H21NO5S/c1-3-7-16-12-14(2)10-11-17(16)25(21,22)24-19-18(20)23-13-15-8-5-4-6-9-15/h4-6,8-12H,3,7,13H2,1-2H3,(H,19,20). The first-order chi connectivity index (χ1) is 11.9. The fourth-order valence-corrected chi connectivity index (χ4v) is 3.29. The zero-order valence-corrected chi connectivity index (χ0v) is 15.0. The van der Waals surface area contributed by atoms with Gasteiger partial charge in [0.25, 0.3) is 0 Å². The zero-order chi connectivity index (χ0) is 18.3. The van der Waals surface area contributed by atoms with Gasteiger partial charge in [-0.05, 0) is 30.5 Å². The second-order valence-corrected chi connectivity index (χ2v) is 7.08. The van der Waals surface area contributed by atoms with Crippen LogP contribution in [-0.4, -0.2) is 14.5 Å². The van der Waals surface area contributed by atoms with Crippen molar-refractivity contribution in [2.24, 2.45) is 0 Å². The molecule has 0 saturated heterocycles. The summed E-state index contributed by atoms with van der Waals surface area (Å²) in [5.41, 5.74) is 4.22. The number of ether oxygens (including phenoxy) is 1. The van der Waals surface area contributed by atoms with Crippen molar-refractivity contribution in [1.29, 1.82) is 0 Å². The van der Waals surface area contributed by atoms with E-state index in [1.54, 1.807) is 24.3 Å². The molecule has 0 aliphatic rings. The van der Waals surface area contributed by atoms with E-state index in [4.69, 9.17) is 4.74 Å². The summed E-state index contributed by atoms with van der Waals surface area (Å²) in [4.78, 5) is 11.7. The highest BCUT2D eigenvalue weighted by molar-refractivity contribution is 7.86. The number of rotatable bonds is 7. The Kier molecular flexibility index (Phi) is 6.55. The van der Waals surface area contributed by atoms with Crippen LogP contribution in [0.2, 0.25) is 0 Å². The highest BCUT2D eigenvalue weighted by Gasteiger charge is 2.21. The van der Waals surface area contributed by atoms with Crippen LogP contribution in [0.1, 0.15) is 30.0 Å². The number of hydroxylamine groups is 1. The van der Waals surface area contributed by atoms with Crippen molar-refractivity contribution in [3.63, 3.8) is 0 Å². The van der Waals surface area contributed by atoms with Crippen LogP contribution in [0.25, 0.3) is 0 Å². The van der Waals surface area contributed by atoms with Gasteiger partial charge < -0.3 is 4.74 Å². The van der Waals surface area contributed by atoms with E-state index in [-0.39, 0.29) is 11.5 Å². The molecule has 0 atom stereocenters. The molecule has 1 N–H and O–H groups in total. The van der Waals surface area contributed by atoms with E-state index in [0.29, 0.717) is 12.0 Å². The molecule has 2 rings (SSSR count). The third-order valence-electron chi connectivity index (χ3n) is 3.45. The Hall–Kier alpha value is -2.38. The first kappa shape index (κ1) is 19.0. The van der Waals surface area contributed by atoms with Crippen molar-refractivity contribution in [3.8, 4) is 0 Å². The summed E-state index contributed by atoms with van der Waals surface area (Å²) >= 11 is 0. The molecule has 2 aromatic carbocycles. The molecule has 1 amide bonds. The average Bonchev–Trinajstić information content (AvgIpc) is 2.59. The van der Waals surface area contributed by atoms with Crippen LogP contribution in [0.15, 0.2) is 53.4 Å². The predicted molar refractivity (Wildman–Crippen MR) is 93.2 cm³/mol. The van der Waals surface area contributed by atoms with Crippen molar-refractivity contribution in [2.45, 2.75) is 38.2 Å². The van der Waals surface area contributed by atoms with Crippen LogP contribution in [-0.2, 0) is 32.2 Å². The zero-order valence-electron chi connectivity index (χ0n) is 14.2. The van der Waals surface area contributed by atoms with E-state index in [1.165, 1.54) is 6.07 Å². The number of hydrogen-bond acceptors (Lipinski definition) is 5. The van der Waals surface area contributed by atoms with Crippen molar-refractivity contribution >= 4 is 16.2 Å². The lowest BCUT2D eigenvalue weighted by molar-refractivity contribution is 0.0971. The fourth-order valence-electron chi connectivity index (χ4n) is 2.30. The SMILES string of the molecule is CCCc1cc(C)ccc1S(=O)(=O)ONC(=O)OCc1ccccc1. The minimum Gasteiger partial charge on any atom is -0.443 e. The Morgan fingerprint density at radius 1 is 1.12 bits per heavy atom. The first-order valence-electron chi connectivity index (χ1n) is 7.92. The molecule has 134 valence electrons. The van der Waals surface area contributed by atoms with Gasteiger partial charge in [-0.2, -0.15) is 13.9 Å². The van der Waals surface area contributed by atoms with Crippen LogP contribution in [0.3, 0.4) is 0 Å². The number of nitrogens with one attached hydrogen (secondary N) is 1. The lowest BCUT2D eigenvalue weighted by atomic mass is 10.1. The van der Waals surface area contributed by atoms with Crippen LogP contribution in [0.4, 0.5) is 4.79 Å². The normalized spacial score (nSPS) is 11.1. The Morgan fingerprint density at radius 3 is 2.52 bits per heavy atom. The molecule has 0 bridgehead atoms. The Labute approximate surface area is 147 Å². The fraction of sp³-hybridized carbons (Fsp3) is 0.278. The molecule has 0 spiro atoms. The molecule has 0 heterocycles. The topological polar surface area (TPSA) is 81.7 Å². The number of carbonyl (C=O) groups excluding carboxylic acids is 1. The summed E-state index contributed by atoms with van der Waals surface area (Å²) in [5.74, 6) is 0. The van der Waals surface area contributed by atoms with Crippen molar-refractivity contribution in [2.75, 3.05) is 0 Å². The van der Waals surface area contributed by atoms with Gasteiger partial charge in [-0.3, -0.25) is 0 Å². The maximum atomic E-state index is 12.3. The van der Waals surface area contributed by atoms with Gasteiger partial charge in [-0.1, -0.05) is 61.4 Å². The highest BCUT2D eigenvalue weighted by atomic mass is 32.2. The summed E-state index contributed by atoms with van der Waals surface area (Å²) < 4.78 is 34.2. The second-order valence-electron chi connectivity index (χ2n) is 5.56. The highest BCUT2D eigenvalue weighted by Crippen LogP contribution is 2.20. The van der Waals surface area contributed by atoms with Gasteiger partial charge in [-0.15, -0.1) is 4.28 Å². The van der Waals surface area contributed by atoms with Gasteiger partial charge in [0.05, 0.1) is 4.90 Å². The molecule has 0 radical (unpaired) electrons. The number of carbonyl (C=O) groups is 1. The number of benzene rings is 2. The molecule has 0 aliphatic carbocycles. The molecule has 0 saturated carbocycles. The summed E-state index contributed by atoms with van der Waals surface area (Å²) in [6.07, 6.45) is 0.410. The molecule has 0 aromatic heterocycles. The molecule has 0 fully saturated rings. The average molecular weight is 363 g/mol. The third-order valence-corrected chi connectivity index (χ3v) is 4.69. The minimum absolute atomic E-state index is 0.0156. The largest absolute Gasteiger partial charge is 0.443 e. The molecule has 2 aromatic rings. The van der Waals surface area contributed by atoms with Crippen molar-refractivity contribution in [3.05, 3.63) is 65.2 Å². The molecular weight excluding hydrogens is 342 g/mol. The molecule has 0 aliphatic heterocycles. The van der Waals surface area contributed by atoms with E-state index in [0.717, 1.165) is 17.5 Å². The molecule has 25 heavy (non-hydrogen) atoms. The van der Waals surface area contributed by atoms with Gasteiger partial charge in [0.2, 0.25) is 0 Å². The van der Waals surface area contributed by atoms with Crippen LogP contribution >= 0.6 is 0 Å². The second kappa shape index (κ2) is 8.64. The summed E-state index contributed by atoms with van der Waals surface area (Å²) in [6, 6.07) is 14.0. The number of amides is 1. The molecule has 7 heteroatoms. The van der Waals surface area contributed by atoms with E-state index in [9.17, 15) is 13.2 Å². The smallest absolute Gasteiger partial charge is 0.432 e. The van der Waals surface area contributed by atoms with Crippen molar-refractivity contribution < 1.29 is 22.2 Å². The van der Waals surface area contributed by atoms with Crippen LogP contribution < -0.4 is 5.48 Å². The van der Waals surface area contributed by atoms with E-state index < -0.39 is 16.2 Å². The van der Waals surface area contributed by atoms with Crippen LogP contribution in [0, 0.1) is 6.92 Å². The number of aryl methyl sites for hydroxylation is 2. The molecular formula is C18H21NO5S. The summed E-state index contributed by atoms with van der Waals surface area (Å²) in [6.45, 7) is 3.86. The Morgan fingerprint density at radius 2 is 1.84 bits per heavy atom. The van der Waals surface area contributed by atoms with Crippen molar-refractivity contribution in [1.82, 2.24) is 5.48 Å². The van der Waals surface area contributed by atoms with E-state index in [1.807, 2.05) is 37.5 Å². The number of hydrogen-bond donors (Lipinski definition) is 1. The van der Waals surface area contributed by atoms with E-state index in [2.05, 4.69) is 4.28 Å². The van der Waals surface area contributed by atoms with Gasteiger partial charge in [-0.25, -0.2) is 4.79 Å². The quantitative estimate of drug-likeness (QED) is 0.762. The predicted octanol–water partition coefficient (Wildman–Crippen LogP) is 3.49. The third kappa shape index (κ3) is 5.58. The lowest BCUT2D eigenvalue weighted by Gasteiger charge is -2.11. The molecule has 0 unspecified atom stereocenters. The Balaban J connectivity index is 1.98. The van der Waals surface area contributed by atoms with Crippen LogP contribution in [0.5, 0.6) is 0 Å². The van der Waals surface area contributed by atoms with Gasteiger partial charge in [0.1, 0.15) is 6.61 Å².